The van der Waals surface area contributed by atoms with Crippen molar-refractivity contribution in [3.8, 4) is 0 Å². The number of thiol groups is 1. The first-order valence-corrected chi connectivity index (χ1v) is 6.36. The van der Waals surface area contributed by atoms with Crippen LogP contribution in [0, 0.1) is 5.92 Å². The molecule has 0 amide bonds. The average Bonchev–Trinajstić information content (AvgIpc) is 2.14. The Morgan fingerprint density at radius 1 is 1.12 bits per heavy atom. The summed E-state index contributed by atoms with van der Waals surface area (Å²) in [6.45, 7) is 7.38. The zero-order chi connectivity index (χ0) is 12.6. The van der Waals surface area contributed by atoms with E-state index in [9.17, 15) is 10.2 Å². The van der Waals surface area contributed by atoms with Gasteiger partial charge in [0.2, 0.25) is 0 Å². The van der Waals surface area contributed by atoms with Crippen molar-refractivity contribution >= 4 is 20.1 Å². The summed E-state index contributed by atoms with van der Waals surface area (Å²) >= 11 is 3.80. The Balaban J connectivity index is 3.59. The van der Waals surface area contributed by atoms with Crippen molar-refractivity contribution in [3.05, 3.63) is 0 Å². The molecule has 0 spiro atoms. The molecular weight excluding hydrogens is 223 g/mol. The predicted octanol–water partition coefficient (Wildman–Crippen LogP) is -0.482. The van der Waals surface area contributed by atoms with Crippen LogP contribution in [0.5, 0.6) is 0 Å². The van der Waals surface area contributed by atoms with Crippen LogP contribution < -0.4 is 10.0 Å². The molecule has 0 fully saturated rings. The van der Waals surface area contributed by atoms with Gasteiger partial charge in [-0.15, -0.1) is 0 Å². The molecular formula is C10H25BN2O2S. The van der Waals surface area contributed by atoms with E-state index in [2.05, 4.69) is 43.6 Å². The van der Waals surface area contributed by atoms with E-state index in [0.29, 0.717) is 32.3 Å². The standard InChI is InChI=1S/C10H25BN2O2S/c1-7(2)4-8(3)12-5-9(14)11-10(15)6-13-16/h7-16H,4-6H2,1-3H3. The molecule has 3 unspecified atom stereocenters. The molecule has 96 valence electrons. The minimum atomic E-state index is -0.547. The van der Waals surface area contributed by atoms with Gasteiger partial charge in [-0.3, -0.25) is 4.72 Å². The number of hydrogen-bond acceptors (Lipinski definition) is 5. The Morgan fingerprint density at radius 2 is 1.69 bits per heavy atom. The third-order valence-electron chi connectivity index (χ3n) is 2.40. The van der Waals surface area contributed by atoms with E-state index < -0.39 is 12.0 Å². The van der Waals surface area contributed by atoms with Crippen LogP contribution >= 0.6 is 12.8 Å². The Hall–Kier alpha value is 0.255. The molecule has 0 saturated carbocycles. The van der Waals surface area contributed by atoms with Gasteiger partial charge in [-0.25, -0.2) is 0 Å². The predicted molar refractivity (Wildman–Crippen MR) is 73.1 cm³/mol. The molecule has 6 heteroatoms. The van der Waals surface area contributed by atoms with Gasteiger partial charge in [0.25, 0.3) is 0 Å². The molecule has 0 heterocycles. The van der Waals surface area contributed by atoms with Crippen LogP contribution in [0.25, 0.3) is 0 Å². The van der Waals surface area contributed by atoms with Crippen molar-refractivity contribution in [2.75, 3.05) is 13.1 Å². The first-order chi connectivity index (χ1) is 7.45. The maximum Gasteiger partial charge on any atom is 0.195 e. The largest absolute Gasteiger partial charge is 0.400 e. The van der Waals surface area contributed by atoms with Gasteiger partial charge in [-0.05, 0) is 19.3 Å². The van der Waals surface area contributed by atoms with Crippen molar-refractivity contribution in [2.45, 2.75) is 45.2 Å². The number of hydrogen-bond donors (Lipinski definition) is 5. The summed E-state index contributed by atoms with van der Waals surface area (Å²) in [5.74, 6) is 0.651. The lowest BCUT2D eigenvalue weighted by Gasteiger charge is -2.19. The zero-order valence-electron chi connectivity index (χ0n) is 10.5. The number of aliphatic hydroxyl groups excluding tert-OH is 2. The quantitative estimate of drug-likeness (QED) is 0.282. The van der Waals surface area contributed by atoms with Crippen LogP contribution in [0.2, 0.25) is 0 Å². The highest BCUT2D eigenvalue weighted by atomic mass is 32.1. The Labute approximate surface area is 105 Å². The lowest BCUT2D eigenvalue weighted by Crippen LogP contribution is -2.42. The van der Waals surface area contributed by atoms with Gasteiger partial charge in [-0.2, -0.15) is 0 Å². The number of nitrogens with one attached hydrogen (secondary N) is 2. The Kier molecular flexibility index (Phi) is 9.45. The maximum absolute atomic E-state index is 9.65. The maximum atomic E-state index is 9.65. The molecule has 0 radical (unpaired) electrons. The lowest BCUT2D eigenvalue weighted by atomic mass is 9.65. The molecule has 0 aromatic carbocycles. The molecule has 0 aliphatic carbocycles. The number of rotatable bonds is 9. The smallest absolute Gasteiger partial charge is 0.195 e. The fourth-order valence-corrected chi connectivity index (χ4v) is 1.92. The van der Waals surface area contributed by atoms with Gasteiger partial charge in [0.15, 0.2) is 7.28 Å². The molecule has 0 saturated heterocycles. The van der Waals surface area contributed by atoms with E-state index >= 15 is 0 Å². The molecule has 0 rings (SSSR count). The summed E-state index contributed by atoms with van der Waals surface area (Å²) in [5, 5.41) is 22.3. The summed E-state index contributed by atoms with van der Waals surface area (Å²) in [7, 11) is 0.370. The fourth-order valence-electron chi connectivity index (χ4n) is 1.71. The third-order valence-corrected chi connectivity index (χ3v) is 2.58. The third kappa shape index (κ3) is 9.48. The second-order valence-corrected chi connectivity index (χ2v) is 5.16. The summed E-state index contributed by atoms with van der Waals surface area (Å²) in [5.41, 5.74) is 0. The molecule has 4 nitrogen and oxygen atoms in total. The van der Waals surface area contributed by atoms with Gasteiger partial charge in [0, 0.05) is 31.1 Å². The zero-order valence-corrected chi connectivity index (χ0v) is 11.4. The molecule has 0 bridgehead atoms. The van der Waals surface area contributed by atoms with Crippen molar-refractivity contribution in [2.24, 2.45) is 5.92 Å². The van der Waals surface area contributed by atoms with Crippen LogP contribution in [0.3, 0.4) is 0 Å². The van der Waals surface area contributed by atoms with Gasteiger partial charge in [0.05, 0.1) is 0 Å². The normalized spacial score (nSPS) is 17.2. The van der Waals surface area contributed by atoms with E-state index in [1.807, 2.05) is 0 Å². The fraction of sp³-hybridized carbons (Fsp3) is 1.00. The lowest BCUT2D eigenvalue weighted by molar-refractivity contribution is 0.209. The van der Waals surface area contributed by atoms with Crippen LogP contribution in [0.1, 0.15) is 27.2 Å². The topological polar surface area (TPSA) is 64.5 Å². The second-order valence-electron chi connectivity index (χ2n) is 4.84. The minimum Gasteiger partial charge on any atom is -0.400 e. The molecule has 0 aliphatic rings. The monoisotopic (exact) mass is 248 g/mol. The van der Waals surface area contributed by atoms with Gasteiger partial charge in [-0.1, -0.05) is 26.7 Å². The van der Waals surface area contributed by atoms with Crippen molar-refractivity contribution in [1.29, 1.82) is 0 Å². The SMILES string of the molecule is CC(C)CC(C)NCC(O)BC(O)CNS. The summed E-state index contributed by atoms with van der Waals surface area (Å²) in [4.78, 5) is 0. The molecule has 0 aromatic heterocycles. The van der Waals surface area contributed by atoms with E-state index in [-0.39, 0.29) is 0 Å². The van der Waals surface area contributed by atoms with Gasteiger partial charge in [0.1, 0.15) is 0 Å². The average molecular weight is 248 g/mol. The van der Waals surface area contributed by atoms with Crippen LogP contribution in [0.15, 0.2) is 0 Å². The van der Waals surface area contributed by atoms with Crippen molar-refractivity contribution in [3.63, 3.8) is 0 Å². The highest BCUT2D eigenvalue weighted by Gasteiger charge is 2.14. The summed E-state index contributed by atoms with van der Waals surface area (Å²) in [6.07, 6.45) is 1.09. The summed E-state index contributed by atoms with van der Waals surface area (Å²) < 4.78 is 2.58. The van der Waals surface area contributed by atoms with Crippen LogP contribution in [-0.2, 0) is 0 Å². The van der Waals surface area contributed by atoms with Gasteiger partial charge < -0.3 is 15.5 Å². The molecule has 0 aromatic rings. The van der Waals surface area contributed by atoms with Crippen LogP contribution in [0.4, 0.5) is 0 Å². The molecule has 0 aliphatic heterocycles. The van der Waals surface area contributed by atoms with E-state index in [4.69, 9.17) is 0 Å². The number of aliphatic hydroxyl groups is 2. The van der Waals surface area contributed by atoms with Crippen molar-refractivity contribution in [1.82, 2.24) is 10.0 Å². The highest BCUT2D eigenvalue weighted by molar-refractivity contribution is 7.78. The Morgan fingerprint density at radius 3 is 2.19 bits per heavy atom. The molecule has 4 N–H and O–H groups in total. The highest BCUT2D eigenvalue weighted by Crippen LogP contribution is 2.03. The van der Waals surface area contributed by atoms with Crippen LogP contribution in [-0.4, -0.2) is 48.6 Å². The molecule has 3 atom stereocenters. The second kappa shape index (κ2) is 9.30. The van der Waals surface area contributed by atoms with E-state index in [1.165, 1.54) is 0 Å². The first-order valence-electron chi connectivity index (χ1n) is 5.92. The minimum absolute atomic E-state index is 0.370. The summed E-state index contributed by atoms with van der Waals surface area (Å²) in [6, 6.07) is -0.657. The molecule has 16 heavy (non-hydrogen) atoms. The van der Waals surface area contributed by atoms with E-state index in [0.717, 1.165) is 6.42 Å². The van der Waals surface area contributed by atoms with Crippen molar-refractivity contribution < 1.29 is 10.2 Å². The van der Waals surface area contributed by atoms with E-state index in [1.54, 1.807) is 0 Å². The Bertz CT molecular complexity index is 175. The van der Waals surface area contributed by atoms with Gasteiger partial charge >= 0.3 is 0 Å². The first kappa shape index (κ1) is 16.3.